The molecule has 0 saturated carbocycles. The van der Waals surface area contributed by atoms with Crippen molar-refractivity contribution in [3.05, 3.63) is 41.5 Å². The van der Waals surface area contributed by atoms with Crippen molar-refractivity contribution in [3.8, 4) is 0 Å². The second-order valence-corrected chi connectivity index (χ2v) is 6.66. The number of benzene rings is 1. The van der Waals surface area contributed by atoms with E-state index in [1.165, 1.54) is 11.3 Å². The Hall–Kier alpha value is -1.92. The fourth-order valence-corrected chi connectivity index (χ4v) is 3.54. The summed E-state index contributed by atoms with van der Waals surface area (Å²) in [5, 5.41) is 12.1. The summed E-state index contributed by atoms with van der Waals surface area (Å²) in [6.07, 6.45) is 2.14. The SMILES string of the molecule is Cc1nnc2n1C[C@@H](NCc1ccc(N3CCOCC3)cc1)CC2. The van der Waals surface area contributed by atoms with Crippen LogP contribution in [-0.2, 0) is 24.2 Å². The minimum Gasteiger partial charge on any atom is -0.378 e. The molecule has 128 valence electrons. The van der Waals surface area contributed by atoms with Crippen LogP contribution < -0.4 is 10.2 Å². The van der Waals surface area contributed by atoms with Gasteiger partial charge in [0.15, 0.2) is 0 Å². The number of nitrogens with one attached hydrogen (secondary N) is 1. The van der Waals surface area contributed by atoms with Gasteiger partial charge in [-0.2, -0.15) is 0 Å². The Morgan fingerprint density at radius 1 is 1.17 bits per heavy atom. The van der Waals surface area contributed by atoms with Crippen LogP contribution in [0.3, 0.4) is 0 Å². The Morgan fingerprint density at radius 3 is 2.75 bits per heavy atom. The van der Waals surface area contributed by atoms with Crippen LogP contribution in [0.4, 0.5) is 5.69 Å². The van der Waals surface area contributed by atoms with Gasteiger partial charge in [0.2, 0.25) is 0 Å². The third kappa shape index (κ3) is 3.30. The van der Waals surface area contributed by atoms with Crippen molar-refractivity contribution >= 4 is 5.69 Å². The number of morpholine rings is 1. The number of fused-ring (bicyclic) bond motifs is 1. The molecule has 1 aromatic heterocycles. The van der Waals surface area contributed by atoms with Crippen LogP contribution in [0.15, 0.2) is 24.3 Å². The van der Waals surface area contributed by atoms with Crippen LogP contribution in [0, 0.1) is 6.92 Å². The zero-order valence-corrected chi connectivity index (χ0v) is 14.2. The van der Waals surface area contributed by atoms with E-state index in [0.29, 0.717) is 6.04 Å². The Kier molecular flexibility index (Phi) is 4.49. The van der Waals surface area contributed by atoms with E-state index in [0.717, 1.165) is 63.9 Å². The van der Waals surface area contributed by atoms with Crippen molar-refractivity contribution < 1.29 is 4.74 Å². The minimum atomic E-state index is 0.492. The van der Waals surface area contributed by atoms with Gasteiger partial charge in [0.1, 0.15) is 11.6 Å². The largest absolute Gasteiger partial charge is 0.378 e. The molecule has 0 unspecified atom stereocenters. The predicted molar refractivity (Wildman–Crippen MR) is 93.2 cm³/mol. The van der Waals surface area contributed by atoms with Crippen molar-refractivity contribution in [2.45, 2.75) is 38.9 Å². The average molecular weight is 327 g/mol. The van der Waals surface area contributed by atoms with E-state index in [1.807, 2.05) is 6.92 Å². The number of anilines is 1. The van der Waals surface area contributed by atoms with Gasteiger partial charge in [-0.15, -0.1) is 10.2 Å². The molecule has 2 aliphatic rings. The molecule has 0 spiro atoms. The highest BCUT2D eigenvalue weighted by atomic mass is 16.5. The van der Waals surface area contributed by atoms with Crippen LogP contribution in [0.25, 0.3) is 0 Å². The maximum absolute atomic E-state index is 5.42. The summed E-state index contributed by atoms with van der Waals surface area (Å²) in [5.74, 6) is 2.15. The molecule has 3 heterocycles. The smallest absolute Gasteiger partial charge is 0.133 e. The standard InChI is InChI=1S/C18H25N5O/c1-14-20-21-18-7-4-16(13-23(14)18)19-12-15-2-5-17(6-3-15)22-8-10-24-11-9-22/h2-3,5-6,16,19H,4,7-13H2,1H3/t16-/m0/s1. The maximum Gasteiger partial charge on any atom is 0.133 e. The van der Waals surface area contributed by atoms with Gasteiger partial charge in [0.05, 0.1) is 13.2 Å². The number of hydrogen-bond donors (Lipinski definition) is 1. The Morgan fingerprint density at radius 2 is 1.96 bits per heavy atom. The summed E-state index contributed by atoms with van der Waals surface area (Å²) >= 11 is 0. The molecule has 2 aliphatic heterocycles. The highest BCUT2D eigenvalue weighted by Gasteiger charge is 2.21. The van der Waals surface area contributed by atoms with Gasteiger partial charge in [-0.1, -0.05) is 12.1 Å². The lowest BCUT2D eigenvalue weighted by Crippen LogP contribution is -2.37. The molecule has 4 rings (SSSR count). The van der Waals surface area contributed by atoms with E-state index >= 15 is 0 Å². The average Bonchev–Trinajstić information content (AvgIpc) is 3.02. The van der Waals surface area contributed by atoms with E-state index < -0.39 is 0 Å². The van der Waals surface area contributed by atoms with E-state index in [2.05, 4.69) is 49.2 Å². The molecule has 0 radical (unpaired) electrons. The van der Waals surface area contributed by atoms with Crippen molar-refractivity contribution in [3.63, 3.8) is 0 Å². The first-order valence-corrected chi connectivity index (χ1v) is 8.83. The van der Waals surface area contributed by atoms with Gasteiger partial charge in [-0.25, -0.2) is 0 Å². The molecule has 6 heteroatoms. The summed E-state index contributed by atoms with van der Waals surface area (Å²) in [4.78, 5) is 2.39. The van der Waals surface area contributed by atoms with Crippen LogP contribution >= 0.6 is 0 Å². The first-order chi connectivity index (χ1) is 11.8. The number of aromatic nitrogens is 3. The number of aryl methyl sites for hydroxylation is 2. The quantitative estimate of drug-likeness (QED) is 0.923. The zero-order valence-electron chi connectivity index (χ0n) is 14.2. The van der Waals surface area contributed by atoms with Crippen LogP contribution in [-0.4, -0.2) is 47.1 Å². The lowest BCUT2D eigenvalue weighted by molar-refractivity contribution is 0.122. The highest BCUT2D eigenvalue weighted by molar-refractivity contribution is 5.47. The first-order valence-electron chi connectivity index (χ1n) is 8.83. The molecule has 0 aliphatic carbocycles. The number of hydrogen-bond acceptors (Lipinski definition) is 5. The van der Waals surface area contributed by atoms with Gasteiger partial charge in [0, 0.05) is 44.3 Å². The number of ether oxygens (including phenoxy) is 1. The topological polar surface area (TPSA) is 55.2 Å². The van der Waals surface area contributed by atoms with E-state index in [-0.39, 0.29) is 0 Å². The molecule has 0 bridgehead atoms. The van der Waals surface area contributed by atoms with Gasteiger partial charge < -0.3 is 19.5 Å². The van der Waals surface area contributed by atoms with Crippen molar-refractivity contribution in [1.82, 2.24) is 20.1 Å². The third-order valence-electron chi connectivity index (χ3n) is 5.04. The molecule has 1 N–H and O–H groups in total. The number of rotatable bonds is 4. The number of nitrogens with zero attached hydrogens (tertiary/aromatic N) is 4. The Balaban J connectivity index is 1.32. The van der Waals surface area contributed by atoms with E-state index in [4.69, 9.17) is 4.74 Å². The van der Waals surface area contributed by atoms with Gasteiger partial charge in [-0.3, -0.25) is 0 Å². The second-order valence-electron chi connectivity index (χ2n) is 6.66. The monoisotopic (exact) mass is 327 g/mol. The summed E-state index contributed by atoms with van der Waals surface area (Å²) in [6.45, 7) is 7.54. The van der Waals surface area contributed by atoms with Crippen LogP contribution in [0.2, 0.25) is 0 Å². The lowest BCUT2D eigenvalue weighted by Gasteiger charge is -2.29. The summed E-state index contributed by atoms with van der Waals surface area (Å²) < 4.78 is 7.65. The molecule has 2 aromatic rings. The van der Waals surface area contributed by atoms with Crippen LogP contribution in [0.1, 0.15) is 23.6 Å². The van der Waals surface area contributed by atoms with Gasteiger partial charge in [0.25, 0.3) is 0 Å². The molecule has 1 aromatic carbocycles. The highest BCUT2D eigenvalue weighted by Crippen LogP contribution is 2.18. The molecular formula is C18H25N5O. The maximum atomic E-state index is 5.42. The van der Waals surface area contributed by atoms with Crippen molar-refractivity contribution in [1.29, 1.82) is 0 Å². The molecule has 24 heavy (non-hydrogen) atoms. The second kappa shape index (κ2) is 6.91. The van der Waals surface area contributed by atoms with Crippen molar-refractivity contribution in [2.24, 2.45) is 0 Å². The molecule has 0 amide bonds. The Bertz CT molecular complexity index is 675. The first kappa shape index (κ1) is 15.6. The Labute approximate surface area is 142 Å². The van der Waals surface area contributed by atoms with E-state index in [1.54, 1.807) is 0 Å². The summed E-state index contributed by atoms with van der Waals surface area (Å²) in [6, 6.07) is 9.41. The lowest BCUT2D eigenvalue weighted by atomic mass is 10.1. The summed E-state index contributed by atoms with van der Waals surface area (Å²) in [7, 11) is 0. The molecular weight excluding hydrogens is 302 g/mol. The van der Waals surface area contributed by atoms with Crippen molar-refractivity contribution in [2.75, 3.05) is 31.2 Å². The fraction of sp³-hybridized carbons (Fsp3) is 0.556. The van der Waals surface area contributed by atoms with Crippen LogP contribution in [0.5, 0.6) is 0 Å². The minimum absolute atomic E-state index is 0.492. The fourth-order valence-electron chi connectivity index (χ4n) is 3.54. The van der Waals surface area contributed by atoms with Gasteiger partial charge in [-0.05, 0) is 31.0 Å². The molecule has 1 atom stereocenters. The normalized spacial score (nSPS) is 20.9. The predicted octanol–water partition coefficient (Wildman–Crippen LogP) is 1.53. The molecule has 1 saturated heterocycles. The molecule has 1 fully saturated rings. The summed E-state index contributed by atoms with van der Waals surface area (Å²) in [5.41, 5.74) is 2.63. The van der Waals surface area contributed by atoms with Gasteiger partial charge >= 0.3 is 0 Å². The zero-order chi connectivity index (χ0) is 16.4. The van der Waals surface area contributed by atoms with E-state index in [9.17, 15) is 0 Å². The molecule has 6 nitrogen and oxygen atoms in total. The third-order valence-corrected chi connectivity index (χ3v) is 5.04.